The third-order valence-corrected chi connectivity index (χ3v) is 8.97. The summed E-state index contributed by atoms with van der Waals surface area (Å²) in [7, 11) is -3.84. The van der Waals surface area contributed by atoms with Crippen molar-refractivity contribution >= 4 is 32.3 Å². The van der Waals surface area contributed by atoms with Crippen LogP contribution in [0.15, 0.2) is 78.5 Å². The van der Waals surface area contributed by atoms with Crippen molar-refractivity contribution in [2.24, 2.45) is 0 Å². The number of nitrogens with zero attached hydrogens (tertiary/aromatic N) is 5. The smallest absolute Gasteiger partial charge is 0.228 e. The summed E-state index contributed by atoms with van der Waals surface area (Å²) in [4.78, 5) is 25.1. The molecule has 5 rings (SSSR count). The van der Waals surface area contributed by atoms with E-state index in [0.29, 0.717) is 33.4 Å². The van der Waals surface area contributed by atoms with E-state index in [1.807, 2.05) is 20.8 Å². The summed E-state index contributed by atoms with van der Waals surface area (Å²) in [5.41, 5.74) is 2.04. The Morgan fingerprint density at radius 1 is 1.07 bits per heavy atom. The van der Waals surface area contributed by atoms with Crippen LogP contribution in [0.4, 0.5) is 10.1 Å². The molecule has 0 spiro atoms. The monoisotopic (exact) mass is 602 g/mol. The third kappa shape index (κ3) is 6.38. The second-order valence-electron chi connectivity index (χ2n) is 11.2. The van der Waals surface area contributed by atoms with Crippen LogP contribution in [-0.2, 0) is 26.6 Å². The van der Waals surface area contributed by atoms with Gasteiger partial charge in [-0.25, -0.2) is 12.8 Å². The van der Waals surface area contributed by atoms with Gasteiger partial charge in [0.05, 0.1) is 40.0 Å². The van der Waals surface area contributed by atoms with Crippen LogP contribution < -0.4 is 10.1 Å². The molecule has 5 aromatic rings. The zero-order valence-electron chi connectivity index (χ0n) is 24.4. The van der Waals surface area contributed by atoms with E-state index >= 15 is 4.39 Å². The number of rotatable bonds is 8. The first kappa shape index (κ1) is 29.8. The van der Waals surface area contributed by atoms with Crippen LogP contribution in [-0.4, -0.2) is 39.1 Å². The maximum atomic E-state index is 15.4. The third-order valence-electron chi connectivity index (χ3n) is 6.89. The molecule has 3 aromatic heterocycles. The van der Waals surface area contributed by atoms with Crippen LogP contribution in [0.3, 0.4) is 0 Å². The lowest BCUT2D eigenvalue weighted by molar-refractivity contribution is -0.115. The number of carbonyl (C=O) groups excluding carboxylic acids is 1. The number of sulfone groups is 1. The van der Waals surface area contributed by atoms with Crippen LogP contribution in [0.2, 0.25) is 0 Å². The molecule has 1 amide bonds. The lowest BCUT2D eigenvalue weighted by atomic mass is 10.1. The number of ether oxygens (including phenoxy) is 1. The summed E-state index contributed by atoms with van der Waals surface area (Å²) >= 11 is 0. The highest BCUT2D eigenvalue weighted by Crippen LogP contribution is 2.36. The van der Waals surface area contributed by atoms with Gasteiger partial charge < -0.3 is 10.1 Å². The number of aryl methyl sites for hydroxylation is 1. The molecule has 0 aliphatic carbocycles. The number of hydrogen-bond acceptors (Lipinski definition) is 8. The van der Waals surface area contributed by atoms with Gasteiger partial charge in [0.25, 0.3) is 0 Å². The molecule has 12 heteroatoms. The van der Waals surface area contributed by atoms with Crippen molar-refractivity contribution in [2.75, 3.05) is 5.32 Å². The summed E-state index contributed by atoms with van der Waals surface area (Å²) in [6.07, 6.45) is 9.09. The van der Waals surface area contributed by atoms with Gasteiger partial charge in [-0.05, 0) is 76.1 Å². The number of benzene rings is 2. The Kier molecular flexibility index (Phi) is 7.98. The number of carbonyl (C=O) groups is 1. The molecule has 1 N–H and O–H groups in total. The minimum atomic E-state index is -3.84. The first-order chi connectivity index (χ1) is 20.3. The molecular weight excluding hydrogens is 571 g/mol. The van der Waals surface area contributed by atoms with E-state index in [0.717, 1.165) is 0 Å². The second-order valence-corrected chi connectivity index (χ2v) is 13.5. The topological polar surface area (TPSA) is 129 Å². The number of halogens is 1. The summed E-state index contributed by atoms with van der Waals surface area (Å²) in [5.74, 6) is -0.777. The van der Waals surface area contributed by atoms with Gasteiger partial charge in [-0.3, -0.25) is 24.4 Å². The van der Waals surface area contributed by atoms with Crippen molar-refractivity contribution < 1.29 is 22.3 Å². The van der Waals surface area contributed by atoms with Crippen molar-refractivity contribution in [3.05, 3.63) is 96.2 Å². The van der Waals surface area contributed by atoms with Crippen LogP contribution in [0.25, 0.3) is 10.9 Å². The van der Waals surface area contributed by atoms with Crippen molar-refractivity contribution in [3.8, 4) is 11.5 Å². The first-order valence-corrected chi connectivity index (χ1v) is 15.1. The van der Waals surface area contributed by atoms with Gasteiger partial charge in [0.2, 0.25) is 5.91 Å². The van der Waals surface area contributed by atoms with Crippen LogP contribution >= 0.6 is 0 Å². The molecule has 43 heavy (non-hydrogen) atoms. The molecule has 222 valence electrons. The predicted molar refractivity (Wildman–Crippen MR) is 160 cm³/mol. The van der Waals surface area contributed by atoms with Gasteiger partial charge in [-0.2, -0.15) is 5.10 Å². The molecule has 2 aromatic carbocycles. The lowest BCUT2D eigenvalue weighted by Crippen LogP contribution is -2.22. The molecule has 0 aliphatic heterocycles. The number of pyridine rings is 1. The van der Waals surface area contributed by atoms with Gasteiger partial charge in [0, 0.05) is 36.4 Å². The summed E-state index contributed by atoms with van der Waals surface area (Å²) < 4.78 is 50.0. The Bertz CT molecular complexity index is 1900. The fourth-order valence-corrected chi connectivity index (χ4v) is 5.93. The van der Waals surface area contributed by atoms with Crippen molar-refractivity contribution in [1.82, 2.24) is 24.7 Å². The quantitative estimate of drug-likeness (QED) is 0.231. The predicted octanol–water partition coefficient (Wildman–Crippen LogP) is 5.93. The molecule has 1 atom stereocenters. The summed E-state index contributed by atoms with van der Waals surface area (Å²) in [6.45, 7) is 9.22. The van der Waals surface area contributed by atoms with E-state index in [1.54, 1.807) is 49.1 Å². The Labute approximate surface area is 248 Å². The molecule has 3 heterocycles. The van der Waals surface area contributed by atoms with E-state index in [2.05, 4.69) is 25.4 Å². The SMILES string of the molecule is Cc1cc(CC(=O)Nc2cnn(C(C)(C)C)c2)cc(F)c1Oc1ccnc2ccc(S(=O)(=O)[C@H](C)c3cnccn3)cc12. The molecule has 10 nitrogen and oxygen atoms in total. The highest BCUT2D eigenvalue weighted by atomic mass is 32.2. The van der Waals surface area contributed by atoms with Crippen molar-refractivity contribution in [3.63, 3.8) is 0 Å². The fourth-order valence-electron chi connectivity index (χ4n) is 4.54. The average Bonchev–Trinajstić information content (AvgIpc) is 3.44. The average molecular weight is 603 g/mol. The van der Waals surface area contributed by atoms with Gasteiger partial charge in [-0.1, -0.05) is 6.07 Å². The number of amides is 1. The Morgan fingerprint density at radius 2 is 1.86 bits per heavy atom. The van der Waals surface area contributed by atoms with Crippen LogP contribution in [0, 0.1) is 12.7 Å². The van der Waals surface area contributed by atoms with E-state index in [4.69, 9.17) is 4.74 Å². The number of anilines is 1. The van der Waals surface area contributed by atoms with Gasteiger partial charge >= 0.3 is 0 Å². The molecular formula is C31H31FN6O4S. The zero-order chi connectivity index (χ0) is 30.9. The molecule has 0 bridgehead atoms. The van der Waals surface area contributed by atoms with E-state index < -0.39 is 20.9 Å². The standard InChI is InChI=1S/C31H31FN6O4S/c1-19-12-21(14-29(39)37-22-16-36-38(18-22)31(3,4)5)13-25(32)30(19)42-28-8-9-34-26-7-6-23(15-24(26)28)43(40,41)20(2)27-17-33-10-11-35-27/h6-13,15-18,20H,14H2,1-5H3,(H,37,39)/t20-/m1/s1. The van der Waals surface area contributed by atoms with Crippen LogP contribution in [0.5, 0.6) is 11.5 Å². The Hall–Kier alpha value is -4.71. The zero-order valence-corrected chi connectivity index (χ0v) is 25.2. The lowest BCUT2D eigenvalue weighted by Gasteiger charge is -2.18. The summed E-state index contributed by atoms with van der Waals surface area (Å²) in [5, 5.41) is 6.52. The second kappa shape index (κ2) is 11.5. The van der Waals surface area contributed by atoms with E-state index in [9.17, 15) is 13.2 Å². The largest absolute Gasteiger partial charge is 0.453 e. The minimum Gasteiger partial charge on any atom is -0.453 e. The number of fused-ring (bicyclic) bond motifs is 1. The highest BCUT2D eigenvalue weighted by Gasteiger charge is 2.27. The number of aromatic nitrogens is 5. The molecule has 0 unspecified atom stereocenters. The Balaban J connectivity index is 1.38. The van der Waals surface area contributed by atoms with Crippen molar-refractivity contribution in [1.29, 1.82) is 0 Å². The van der Waals surface area contributed by atoms with Crippen molar-refractivity contribution in [2.45, 2.75) is 56.7 Å². The highest BCUT2D eigenvalue weighted by molar-refractivity contribution is 7.91. The van der Waals surface area contributed by atoms with Gasteiger partial charge in [0.15, 0.2) is 21.4 Å². The normalized spacial score (nSPS) is 12.7. The van der Waals surface area contributed by atoms with E-state index in [1.165, 1.54) is 43.0 Å². The fraction of sp³-hybridized carbons (Fsp3) is 0.258. The number of hydrogen-bond donors (Lipinski definition) is 1. The summed E-state index contributed by atoms with van der Waals surface area (Å²) in [6, 6.07) is 8.99. The molecule has 0 saturated carbocycles. The molecule has 0 saturated heterocycles. The molecule has 0 radical (unpaired) electrons. The molecule has 0 aliphatic rings. The van der Waals surface area contributed by atoms with E-state index in [-0.39, 0.29) is 34.3 Å². The van der Waals surface area contributed by atoms with Crippen LogP contribution in [0.1, 0.15) is 49.8 Å². The van der Waals surface area contributed by atoms with Gasteiger partial charge in [-0.15, -0.1) is 0 Å². The maximum absolute atomic E-state index is 15.4. The first-order valence-electron chi connectivity index (χ1n) is 13.5. The maximum Gasteiger partial charge on any atom is 0.228 e. The van der Waals surface area contributed by atoms with Gasteiger partial charge in [0.1, 0.15) is 11.0 Å². The minimum absolute atomic E-state index is 0.0377. The molecule has 0 fully saturated rings. The number of nitrogens with one attached hydrogen (secondary N) is 1. The Morgan fingerprint density at radius 3 is 2.53 bits per heavy atom.